The van der Waals surface area contributed by atoms with Gasteiger partial charge in [0.05, 0.1) is 0 Å². The van der Waals surface area contributed by atoms with Crippen LogP contribution < -0.4 is 10.7 Å². The molecule has 0 saturated heterocycles. The summed E-state index contributed by atoms with van der Waals surface area (Å²) >= 11 is 0. The Labute approximate surface area is 97.8 Å². The lowest BCUT2D eigenvalue weighted by atomic mass is 10.1. The molecule has 17 heavy (non-hydrogen) atoms. The number of likely N-dealkylation sites (N-methyl/N-ethyl adjacent to an activating group) is 1. The van der Waals surface area contributed by atoms with Gasteiger partial charge in [-0.25, -0.2) is 10.1 Å². The van der Waals surface area contributed by atoms with Gasteiger partial charge in [0.1, 0.15) is 0 Å². The first-order valence-electron chi connectivity index (χ1n) is 5.21. The van der Waals surface area contributed by atoms with Crippen LogP contribution >= 0.6 is 0 Å². The highest BCUT2D eigenvalue weighted by Crippen LogP contribution is 2.04. The summed E-state index contributed by atoms with van der Waals surface area (Å²) in [5.74, 6) is -0.462. The summed E-state index contributed by atoms with van der Waals surface area (Å²) in [6, 6.07) is -0.898. The number of hydrogen-bond acceptors (Lipinski definition) is 5. The van der Waals surface area contributed by atoms with E-state index in [0.717, 1.165) is 0 Å². The monoisotopic (exact) mass is 248 g/mol. The highest BCUT2D eigenvalue weighted by atomic mass is 16.7. The van der Waals surface area contributed by atoms with E-state index in [1.165, 1.54) is 7.05 Å². The lowest BCUT2D eigenvalue weighted by Crippen LogP contribution is -2.45. The van der Waals surface area contributed by atoms with Gasteiger partial charge >= 0.3 is 0 Å². The molecule has 0 heterocycles. The van der Waals surface area contributed by atoms with E-state index in [-0.39, 0.29) is 13.0 Å². The van der Waals surface area contributed by atoms with Crippen LogP contribution in [0.15, 0.2) is 0 Å². The Kier molecular flexibility index (Phi) is 7.31. The standard InChI is InChI=1S/C8H16N4O5/c1-9-8(13)7(10-12(16)17)5-3-2-4-6-11(14)15/h7,10H,2-6H2,1H3,(H,9,13)/t7-/m0/s1. The molecule has 0 unspecified atom stereocenters. The molecule has 0 aromatic carbocycles. The van der Waals surface area contributed by atoms with Crippen LogP contribution in [0.4, 0.5) is 0 Å². The van der Waals surface area contributed by atoms with Gasteiger partial charge < -0.3 is 5.32 Å². The zero-order valence-corrected chi connectivity index (χ0v) is 9.55. The number of nitrogens with zero attached hydrogens (tertiary/aromatic N) is 2. The predicted octanol–water partition coefficient (Wildman–Crippen LogP) is -0.281. The molecule has 0 fully saturated rings. The van der Waals surface area contributed by atoms with Crippen LogP contribution in [0, 0.1) is 20.2 Å². The number of hydrazine groups is 1. The van der Waals surface area contributed by atoms with E-state index < -0.39 is 21.9 Å². The van der Waals surface area contributed by atoms with Crippen LogP contribution in [-0.4, -0.2) is 35.5 Å². The topological polar surface area (TPSA) is 127 Å². The molecule has 2 N–H and O–H groups in total. The van der Waals surface area contributed by atoms with Crippen molar-refractivity contribution in [2.24, 2.45) is 0 Å². The van der Waals surface area contributed by atoms with Gasteiger partial charge in [0.15, 0.2) is 11.1 Å². The fourth-order valence-electron chi connectivity index (χ4n) is 1.32. The molecule has 0 aliphatic heterocycles. The lowest BCUT2D eigenvalue weighted by molar-refractivity contribution is -0.548. The van der Waals surface area contributed by atoms with Gasteiger partial charge in [-0.1, -0.05) is 6.42 Å². The summed E-state index contributed by atoms with van der Waals surface area (Å²) in [6.07, 6.45) is 1.77. The molecule has 0 bridgehead atoms. The van der Waals surface area contributed by atoms with Crippen molar-refractivity contribution in [2.75, 3.05) is 13.6 Å². The molecule has 98 valence electrons. The van der Waals surface area contributed by atoms with Crippen LogP contribution in [0.3, 0.4) is 0 Å². The van der Waals surface area contributed by atoms with Gasteiger partial charge in [-0.3, -0.25) is 14.9 Å². The van der Waals surface area contributed by atoms with E-state index in [0.29, 0.717) is 19.3 Å². The Balaban J connectivity index is 3.87. The summed E-state index contributed by atoms with van der Waals surface area (Å²) in [5, 5.41) is 21.8. The van der Waals surface area contributed by atoms with Crippen molar-refractivity contribution in [3.05, 3.63) is 20.2 Å². The Hall–Kier alpha value is -1.93. The number of nitrogens with one attached hydrogen (secondary N) is 2. The van der Waals surface area contributed by atoms with Crippen LogP contribution in [0.5, 0.6) is 0 Å². The Morgan fingerprint density at radius 1 is 1.24 bits per heavy atom. The van der Waals surface area contributed by atoms with Crippen molar-refractivity contribution in [1.29, 1.82) is 0 Å². The zero-order valence-electron chi connectivity index (χ0n) is 9.55. The first-order chi connectivity index (χ1) is 7.97. The lowest BCUT2D eigenvalue weighted by Gasteiger charge is -2.11. The molecule has 9 heteroatoms. The van der Waals surface area contributed by atoms with Crippen molar-refractivity contribution in [1.82, 2.24) is 10.7 Å². The van der Waals surface area contributed by atoms with Crippen molar-refractivity contribution >= 4 is 5.91 Å². The SMILES string of the molecule is CNC(=O)[C@H](CCCCC[N+](=O)[O-])N[N+](=O)[O-]. The average molecular weight is 248 g/mol. The molecule has 0 radical (unpaired) electrons. The number of carbonyl (C=O) groups is 1. The van der Waals surface area contributed by atoms with Gasteiger partial charge in [0.25, 0.3) is 0 Å². The Morgan fingerprint density at radius 3 is 2.35 bits per heavy atom. The van der Waals surface area contributed by atoms with E-state index in [2.05, 4.69) is 5.32 Å². The first kappa shape index (κ1) is 15.1. The number of carbonyl (C=O) groups excluding carboxylic acids is 1. The van der Waals surface area contributed by atoms with Gasteiger partial charge in [-0.15, -0.1) is 5.43 Å². The van der Waals surface area contributed by atoms with Crippen LogP contribution in [0.25, 0.3) is 0 Å². The van der Waals surface area contributed by atoms with E-state index in [4.69, 9.17) is 0 Å². The summed E-state index contributed by atoms with van der Waals surface area (Å²) in [4.78, 5) is 31.1. The molecule has 1 amide bonds. The second-order valence-corrected chi connectivity index (χ2v) is 3.46. The van der Waals surface area contributed by atoms with Crippen molar-refractivity contribution < 1.29 is 14.8 Å². The predicted molar refractivity (Wildman–Crippen MR) is 58.3 cm³/mol. The molecule has 0 aliphatic carbocycles. The number of hydrogen-bond donors (Lipinski definition) is 2. The summed E-state index contributed by atoms with van der Waals surface area (Å²) < 4.78 is 0. The highest BCUT2D eigenvalue weighted by molar-refractivity contribution is 5.81. The summed E-state index contributed by atoms with van der Waals surface area (Å²) in [7, 11) is 1.39. The first-order valence-corrected chi connectivity index (χ1v) is 5.21. The molecule has 0 aromatic heterocycles. The van der Waals surface area contributed by atoms with Gasteiger partial charge in [-0.2, -0.15) is 0 Å². The fraction of sp³-hybridized carbons (Fsp3) is 0.875. The summed E-state index contributed by atoms with van der Waals surface area (Å²) in [6.45, 7) is -0.118. The normalized spacial score (nSPS) is 11.6. The van der Waals surface area contributed by atoms with Crippen molar-refractivity contribution in [2.45, 2.75) is 31.7 Å². The van der Waals surface area contributed by atoms with Crippen LogP contribution in [0.1, 0.15) is 25.7 Å². The molecule has 1 atom stereocenters. The third kappa shape index (κ3) is 7.94. The molecule has 0 spiro atoms. The molecular formula is C8H16N4O5. The van der Waals surface area contributed by atoms with E-state index in [1.54, 1.807) is 0 Å². The second kappa shape index (κ2) is 8.25. The van der Waals surface area contributed by atoms with E-state index in [9.17, 15) is 25.0 Å². The van der Waals surface area contributed by atoms with Crippen molar-refractivity contribution in [3.63, 3.8) is 0 Å². The maximum absolute atomic E-state index is 11.2. The third-order valence-corrected chi connectivity index (χ3v) is 2.16. The minimum atomic E-state index is -0.898. The molecule has 9 nitrogen and oxygen atoms in total. The van der Waals surface area contributed by atoms with E-state index in [1.807, 2.05) is 5.43 Å². The quantitative estimate of drug-likeness (QED) is 0.328. The third-order valence-electron chi connectivity index (χ3n) is 2.16. The van der Waals surface area contributed by atoms with Gasteiger partial charge in [0.2, 0.25) is 12.5 Å². The fourth-order valence-corrected chi connectivity index (χ4v) is 1.32. The molecule has 0 saturated carbocycles. The smallest absolute Gasteiger partial charge is 0.248 e. The maximum atomic E-state index is 11.2. The largest absolute Gasteiger partial charge is 0.357 e. The number of unbranched alkanes of at least 4 members (excludes halogenated alkanes) is 2. The minimum Gasteiger partial charge on any atom is -0.357 e. The number of nitro groups is 2. The minimum absolute atomic E-state index is 0.118. The second-order valence-electron chi connectivity index (χ2n) is 3.46. The van der Waals surface area contributed by atoms with Crippen LogP contribution in [-0.2, 0) is 4.79 Å². The molecular weight excluding hydrogens is 232 g/mol. The number of amides is 1. The zero-order chi connectivity index (χ0) is 13.3. The molecule has 0 aromatic rings. The molecule has 0 aliphatic rings. The Bertz CT molecular complexity index is 283. The molecule has 0 rings (SSSR count). The Morgan fingerprint density at radius 2 is 1.88 bits per heavy atom. The van der Waals surface area contributed by atoms with Crippen LogP contribution in [0.2, 0.25) is 0 Å². The van der Waals surface area contributed by atoms with Gasteiger partial charge in [0, 0.05) is 18.4 Å². The maximum Gasteiger partial charge on any atom is 0.248 e. The average Bonchev–Trinajstić information content (AvgIpc) is 2.25. The number of rotatable bonds is 9. The summed E-state index contributed by atoms with van der Waals surface area (Å²) in [5.41, 5.74) is 1.91. The highest BCUT2D eigenvalue weighted by Gasteiger charge is 2.20. The van der Waals surface area contributed by atoms with Crippen molar-refractivity contribution in [3.8, 4) is 0 Å². The van der Waals surface area contributed by atoms with Gasteiger partial charge in [-0.05, 0) is 12.8 Å². The van der Waals surface area contributed by atoms with E-state index >= 15 is 0 Å².